The number of nitrogens with zero attached hydrogens (tertiary/aromatic N) is 2. The van der Waals surface area contributed by atoms with E-state index in [9.17, 15) is 22.4 Å². The van der Waals surface area contributed by atoms with E-state index in [-0.39, 0.29) is 23.0 Å². The molecule has 220 valence electrons. The van der Waals surface area contributed by atoms with E-state index in [4.69, 9.17) is 4.74 Å². The summed E-state index contributed by atoms with van der Waals surface area (Å²) in [6.45, 7) is 5.76. The number of amides is 2. The van der Waals surface area contributed by atoms with Crippen LogP contribution in [0.25, 0.3) is 0 Å². The number of carbonyl (C=O) groups is 2. The molecule has 0 aromatic heterocycles. The van der Waals surface area contributed by atoms with Crippen LogP contribution in [0.2, 0.25) is 0 Å². The number of benzene rings is 3. The summed E-state index contributed by atoms with van der Waals surface area (Å²) in [4.78, 5) is 28.6. The molecule has 0 fully saturated rings. The van der Waals surface area contributed by atoms with Gasteiger partial charge in [0.25, 0.3) is 10.0 Å². The molecule has 3 aromatic carbocycles. The number of halogens is 1. The first kappa shape index (κ1) is 31.6. The Morgan fingerprint density at radius 2 is 1.68 bits per heavy atom. The van der Waals surface area contributed by atoms with Gasteiger partial charge in [-0.05, 0) is 73.9 Å². The van der Waals surface area contributed by atoms with E-state index in [0.717, 1.165) is 40.4 Å². The van der Waals surface area contributed by atoms with Crippen LogP contribution in [-0.4, -0.2) is 51.4 Å². The number of methoxy groups -OCH3 is 1. The lowest BCUT2D eigenvalue weighted by Gasteiger charge is -2.33. The van der Waals surface area contributed by atoms with Gasteiger partial charge in [0, 0.05) is 13.1 Å². The highest BCUT2D eigenvalue weighted by Gasteiger charge is 2.33. The Hall–Kier alpha value is -3.92. The highest BCUT2D eigenvalue weighted by atomic mass is 32.2. The number of carbonyl (C=O) groups excluding carboxylic acids is 2. The average Bonchev–Trinajstić information content (AvgIpc) is 2.96. The maximum absolute atomic E-state index is 14.0. The van der Waals surface area contributed by atoms with Crippen LogP contribution >= 0.6 is 0 Å². The van der Waals surface area contributed by atoms with E-state index in [1.54, 1.807) is 0 Å². The second kappa shape index (κ2) is 14.6. The molecule has 0 saturated heterocycles. The summed E-state index contributed by atoms with van der Waals surface area (Å²) in [7, 11) is -2.79. The maximum atomic E-state index is 14.0. The van der Waals surface area contributed by atoms with Gasteiger partial charge in [-0.1, -0.05) is 50.1 Å². The fraction of sp³-hybridized carbons (Fsp3) is 0.355. The number of aryl methyl sites for hydroxylation is 1. The second-order valence-electron chi connectivity index (χ2n) is 9.74. The van der Waals surface area contributed by atoms with Crippen LogP contribution in [0.15, 0.2) is 77.7 Å². The zero-order chi connectivity index (χ0) is 30.0. The molecule has 0 aliphatic heterocycles. The smallest absolute Gasteiger partial charge is 0.264 e. The zero-order valence-electron chi connectivity index (χ0n) is 24.0. The Kier molecular flexibility index (Phi) is 11.3. The summed E-state index contributed by atoms with van der Waals surface area (Å²) < 4.78 is 47.6. The monoisotopic (exact) mass is 583 g/mol. The Labute approximate surface area is 242 Å². The van der Waals surface area contributed by atoms with Crippen molar-refractivity contribution in [2.75, 3.05) is 24.5 Å². The van der Waals surface area contributed by atoms with E-state index in [2.05, 4.69) is 5.32 Å². The summed E-state index contributed by atoms with van der Waals surface area (Å²) in [6.07, 6.45) is 2.03. The number of ether oxygens (including phenoxy) is 1. The number of nitrogens with one attached hydrogen (secondary N) is 1. The predicted octanol–water partition coefficient (Wildman–Crippen LogP) is 5.06. The Morgan fingerprint density at radius 3 is 2.27 bits per heavy atom. The van der Waals surface area contributed by atoms with E-state index in [1.807, 2.05) is 45.0 Å². The third-order valence-corrected chi connectivity index (χ3v) is 8.48. The fourth-order valence-electron chi connectivity index (χ4n) is 4.44. The predicted molar refractivity (Wildman–Crippen MR) is 158 cm³/mol. The molecule has 0 heterocycles. The van der Waals surface area contributed by atoms with Gasteiger partial charge in [0.1, 0.15) is 24.2 Å². The van der Waals surface area contributed by atoms with Crippen molar-refractivity contribution in [3.63, 3.8) is 0 Å². The van der Waals surface area contributed by atoms with E-state index < -0.39 is 34.3 Å². The largest absolute Gasteiger partial charge is 0.497 e. The van der Waals surface area contributed by atoms with Crippen LogP contribution < -0.4 is 14.4 Å². The summed E-state index contributed by atoms with van der Waals surface area (Å²) >= 11 is 0. The number of sulfonamides is 1. The first-order valence-corrected chi connectivity index (χ1v) is 15.1. The Bertz CT molecular complexity index is 1410. The van der Waals surface area contributed by atoms with Crippen molar-refractivity contribution in [3.8, 4) is 5.75 Å². The van der Waals surface area contributed by atoms with Gasteiger partial charge in [0.2, 0.25) is 11.8 Å². The van der Waals surface area contributed by atoms with Gasteiger partial charge in [-0.25, -0.2) is 12.8 Å². The Morgan fingerprint density at radius 1 is 1.00 bits per heavy atom. The molecule has 2 amide bonds. The highest BCUT2D eigenvalue weighted by molar-refractivity contribution is 7.92. The van der Waals surface area contributed by atoms with Gasteiger partial charge in [-0.2, -0.15) is 0 Å². The standard InChI is InChI=1S/C31H38FN3O5S/c1-5-7-19-33-31(37)29(6-2)34(21-24-10-8-9-23(3)20-24)30(36)22-35(26-13-11-25(32)12-14-26)41(38,39)28-17-15-27(40-4)16-18-28/h8-18,20,29H,5-7,19,21-22H2,1-4H3,(H,33,37)/t29-/m1/s1. The van der Waals surface area contributed by atoms with Crippen LogP contribution in [0, 0.1) is 12.7 Å². The van der Waals surface area contributed by atoms with Crippen molar-refractivity contribution in [1.29, 1.82) is 0 Å². The first-order valence-electron chi connectivity index (χ1n) is 13.7. The molecule has 0 spiro atoms. The molecular weight excluding hydrogens is 545 g/mol. The van der Waals surface area contributed by atoms with Crippen molar-refractivity contribution in [1.82, 2.24) is 10.2 Å². The van der Waals surface area contributed by atoms with Gasteiger partial charge >= 0.3 is 0 Å². The van der Waals surface area contributed by atoms with Crippen LogP contribution in [0.5, 0.6) is 5.75 Å². The van der Waals surface area contributed by atoms with Gasteiger partial charge in [-0.3, -0.25) is 13.9 Å². The van der Waals surface area contributed by atoms with Crippen molar-refractivity contribution >= 4 is 27.5 Å². The minimum atomic E-state index is -4.26. The molecule has 0 aliphatic rings. The van der Waals surface area contributed by atoms with Crippen LogP contribution in [0.1, 0.15) is 44.2 Å². The molecule has 41 heavy (non-hydrogen) atoms. The minimum Gasteiger partial charge on any atom is -0.497 e. The molecule has 10 heteroatoms. The number of rotatable bonds is 14. The molecular formula is C31H38FN3O5S. The first-order chi connectivity index (χ1) is 19.6. The molecule has 1 N–H and O–H groups in total. The molecule has 0 radical (unpaired) electrons. The summed E-state index contributed by atoms with van der Waals surface area (Å²) in [5, 5.41) is 2.91. The van der Waals surface area contributed by atoms with Gasteiger partial charge in [0.15, 0.2) is 0 Å². The molecule has 1 atom stereocenters. The van der Waals surface area contributed by atoms with Gasteiger partial charge in [-0.15, -0.1) is 0 Å². The van der Waals surface area contributed by atoms with E-state index in [0.29, 0.717) is 18.7 Å². The third kappa shape index (κ3) is 8.29. The molecule has 0 unspecified atom stereocenters. The van der Waals surface area contributed by atoms with Gasteiger partial charge in [0.05, 0.1) is 17.7 Å². The number of anilines is 1. The van der Waals surface area contributed by atoms with E-state index in [1.165, 1.54) is 48.4 Å². The van der Waals surface area contributed by atoms with Crippen LogP contribution in [0.3, 0.4) is 0 Å². The average molecular weight is 584 g/mol. The van der Waals surface area contributed by atoms with Crippen molar-refractivity contribution in [3.05, 3.63) is 89.7 Å². The third-order valence-electron chi connectivity index (χ3n) is 6.69. The lowest BCUT2D eigenvalue weighted by atomic mass is 10.1. The molecule has 0 saturated carbocycles. The summed E-state index contributed by atoms with van der Waals surface area (Å²) in [5.74, 6) is -0.936. The summed E-state index contributed by atoms with van der Waals surface area (Å²) in [6, 6.07) is 17.4. The highest BCUT2D eigenvalue weighted by Crippen LogP contribution is 2.26. The minimum absolute atomic E-state index is 0.0648. The number of hydrogen-bond donors (Lipinski definition) is 1. The molecule has 3 rings (SSSR count). The lowest BCUT2D eigenvalue weighted by Crippen LogP contribution is -2.52. The lowest BCUT2D eigenvalue weighted by molar-refractivity contribution is -0.140. The number of unbranched alkanes of at least 4 members (excludes halogenated alkanes) is 1. The van der Waals surface area contributed by atoms with Crippen LogP contribution in [0.4, 0.5) is 10.1 Å². The van der Waals surface area contributed by atoms with Gasteiger partial charge < -0.3 is 15.0 Å². The van der Waals surface area contributed by atoms with Crippen LogP contribution in [-0.2, 0) is 26.2 Å². The molecule has 0 bridgehead atoms. The van der Waals surface area contributed by atoms with Crippen molar-refractivity contribution < 1.29 is 27.1 Å². The maximum Gasteiger partial charge on any atom is 0.264 e. The van der Waals surface area contributed by atoms with E-state index >= 15 is 0 Å². The molecule has 0 aliphatic carbocycles. The molecule has 3 aromatic rings. The van der Waals surface area contributed by atoms with Crippen molar-refractivity contribution in [2.45, 2.75) is 57.5 Å². The SMILES string of the molecule is CCCCNC(=O)[C@@H](CC)N(Cc1cccc(C)c1)C(=O)CN(c1ccc(F)cc1)S(=O)(=O)c1ccc(OC)cc1. The Balaban J connectivity index is 2.03. The molecule has 8 nitrogen and oxygen atoms in total. The summed E-state index contributed by atoms with van der Waals surface area (Å²) in [5.41, 5.74) is 1.92. The quantitative estimate of drug-likeness (QED) is 0.268. The van der Waals surface area contributed by atoms with Crippen molar-refractivity contribution in [2.24, 2.45) is 0 Å². The zero-order valence-corrected chi connectivity index (χ0v) is 24.8. The topological polar surface area (TPSA) is 96.0 Å². The second-order valence-corrected chi connectivity index (χ2v) is 11.6. The number of hydrogen-bond acceptors (Lipinski definition) is 5. The normalized spacial score (nSPS) is 11.9. The fourth-order valence-corrected chi connectivity index (χ4v) is 5.86.